The second-order valence-electron chi connectivity index (χ2n) is 6.65. The molecule has 0 unspecified atom stereocenters. The van der Waals surface area contributed by atoms with Gasteiger partial charge in [-0.15, -0.1) is 0 Å². The van der Waals surface area contributed by atoms with E-state index in [1.807, 2.05) is 32.9 Å². The highest BCUT2D eigenvalue weighted by molar-refractivity contribution is 7.92. The highest BCUT2D eigenvalue weighted by atomic mass is 32.2. The van der Waals surface area contributed by atoms with Crippen LogP contribution in [0.25, 0.3) is 0 Å². The summed E-state index contributed by atoms with van der Waals surface area (Å²) in [5.74, 6) is 0.246. The minimum atomic E-state index is -3.74. The molecule has 0 radical (unpaired) electrons. The maximum absolute atomic E-state index is 12.6. The molecule has 1 aromatic heterocycles. The molecule has 0 atom stereocenters. The zero-order valence-electron chi connectivity index (χ0n) is 15.9. The second kappa shape index (κ2) is 7.85. The van der Waals surface area contributed by atoms with E-state index in [2.05, 4.69) is 15.1 Å². The largest absolute Gasteiger partial charge is 0.307 e. The van der Waals surface area contributed by atoms with E-state index in [1.54, 1.807) is 29.1 Å². The molecule has 0 spiro atoms. The molecular weight excluding hydrogens is 376 g/mol. The number of hydrogen-bond donors (Lipinski definition) is 2. The number of carbonyl (C=O) groups is 1. The molecule has 0 aliphatic rings. The van der Waals surface area contributed by atoms with Gasteiger partial charge >= 0.3 is 0 Å². The van der Waals surface area contributed by atoms with Crippen molar-refractivity contribution in [3.05, 3.63) is 71.9 Å². The van der Waals surface area contributed by atoms with Gasteiger partial charge in [-0.2, -0.15) is 5.10 Å². The number of rotatable bonds is 6. The van der Waals surface area contributed by atoms with E-state index in [1.165, 1.54) is 24.3 Å². The summed E-state index contributed by atoms with van der Waals surface area (Å²) in [6, 6.07) is 14.7. The number of amides is 1. The van der Waals surface area contributed by atoms with Crippen LogP contribution in [0.2, 0.25) is 0 Å². The van der Waals surface area contributed by atoms with Gasteiger partial charge in [-0.1, -0.05) is 18.2 Å². The average Bonchev–Trinajstić information content (AvgIpc) is 3.12. The fraction of sp³-hybridized carbons (Fsp3) is 0.200. The Morgan fingerprint density at radius 1 is 1.04 bits per heavy atom. The van der Waals surface area contributed by atoms with E-state index in [0.717, 1.165) is 5.56 Å². The predicted molar refractivity (Wildman–Crippen MR) is 109 cm³/mol. The summed E-state index contributed by atoms with van der Waals surface area (Å²) < 4.78 is 29.4. The third-order valence-electron chi connectivity index (χ3n) is 4.22. The minimum absolute atomic E-state index is 0.0829. The highest BCUT2D eigenvalue weighted by Crippen LogP contribution is 2.20. The Morgan fingerprint density at radius 2 is 1.71 bits per heavy atom. The van der Waals surface area contributed by atoms with Crippen molar-refractivity contribution in [3.63, 3.8) is 0 Å². The van der Waals surface area contributed by atoms with Gasteiger partial charge in [0.25, 0.3) is 15.9 Å². The van der Waals surface area contributed by atoms with Gasteiger partial charge in [0.05, 0.1) is 16.8 Å². The van der Waals surface area contributed by atoms with Gasteiger partial charge in [0, 0.05) is 17.7 Å². The summed E-state index contributed by atoms with van der Waals surface area (Å²) in [5, 5.41) is 6.96. The van der Waals surface area contributed by atoms with Crippen LogP contribution in [-0.2, 0) is 10.0 Å². The number of nitrogens with zero attached hydrogens (tertiary/aromatic N) is 2. The predicted octanol–water partition coefficient (Wildman–Crippen LogP) is 3.83. The summed E-state index contributed by atoms with van der Waals surface area (Å²) in [6.07, 6.45) is 1.61. The third kappa shape index (κ3) is 4.23. The Balaban J connectivity index is 1.76. The fourth-order valence-corrected chi connectivity index (χ4v) is 3.82. The summed E-state index contributed by atoms with van der Waals surface area (Å²) >= 11 is 0. The normalized spacial score (nSPS) is 11.4. The lowest BCUT2D eigenvalue weighted by atomic mass is 10.2. The van der Waals surface area contributed by atoms with Crippen LogP contribution >= 0.6 is 0 Å². The monoisotopic (exact) mass is 398 g/mol. The van der Waals surface area contributed by atoms with Crippen molar-refractivity contribution in [3.8, 4) is 0 Å². The molecule has 146 valence electrons. The topological polar surface area (TPSA) is 93.1 Å². The molecule has 7 nitrogen and oxygen atoms in total. The van der Waals surface area contributed by atoms with E-state index in [9.17, 15) is 13.2 Å². The zero-order chi connectivity index (χ0) is 20.3. The molecule has 0 saturated heterocycles. The van der Waals surface area contributed by atoms with E-state index < -0.39 is 10.0 Å². The van der Waals surface area contributed by atoms with Crippen LogP contribution < -0.4 is 10.0 Å². The molecule has 3 rings (SSSR count). The van der Waals surface area contributed by atoms with Crippen molar-refractivity contribution in [2.75, 3.05) is 10.0 Å². The van der Waals surface area contributed by atoms with Crippen LogP contribution in [0.1, 0.15) is 35.8 Å². The lowest BCUT2D eigenvalue weighted by molar-refractivity contribution is 0.102. The SMILES string of the molecule is Cc1ccccc1NS(=O)(=O)c1ccc(C(=O)Nc2ccnn2C(C)C)cc1. The lowest BCUT2D eigenvalue weighted by Gasteiger charge is -2.12. The van der Waals surface area contributed by atoms with Crippen molar-refractivity contribution >= 4 is 27.4 Å². The van der Waals surface area contributed by atoms with Crippen LogP contribution in [-0.4, -0.2) is 24.1 Å². The Labute approximate surface area is 164 Å². The lowest BCUT2D eigenvalue weighted by Crippen LogP contribution is -2.17. The molecule has 8 heteroatoms. The van der Waals surface area contributed by atoms with Crippen LogP contribution in [0.15, 0.2) is 65.7 Å². The van der Waals surface area contributed by atoms with Gasteiger partial charge in [-0.05, 0) is 56.7 Å². The van der Waals surface area contributed by atoms with Crippen molar-refractivity contribution in [2.45, 2.75) is 31.7 Å². The van der Waals surface area contributed by atoms with E-state index in [-0.39, 0.29) is 16.8 Å². The molecular formula is C20H22N4O3S. The first-order valence-electron chi connectivity index (χ1n) is 8.81. The average molecular weight is 398 g/mol. The number of para-hydroxylation sites is 1. The van der Waals surface area contributed by atoms with Crippen LogP contribution in [0.4, 0.5) is 11.5 Å². The number of aromatic nitrogens is 2. The Hall–Kier alpha value is -3.13. The third-order valence-corrected chi connectivity index (χ3v) is 5.60. The van der Waals surface area contributed by atoms with Crippen LogP contribution in [0.3, 0.4) is 0 Å². The Morgan fingerprint density at radius 3 is 2.36 bits per heavy atom. The molecule has 1 heterocycles. The first-order valence-corrected chi connectivity index (χ1v) is 10.3. The van der Waals surface area contributed by atoms with Gasteiger partial charge in [0.1, 0.15) is 5.82 Å². The molecule has 28 heavy (non-hydrogen) atoms. The maximum atomic E-state index is 12.6. The van der Waals surface area contributed by atoms with Crippen molar-refractivity contribution in [1.29, 1.82) is 0 Å². The first-order chi connectivity index (χ1) is 13.3. The van der Waals surface area contributed by atoms with Gasteiger partial charge in [0.15, 0.2) is 0 Å². The summed E-state index contributed by atoms with van der Waals surface area (Å²) in [6.45, 7) is 5.75. The molecule has 0 fully saturated rings. The van der Waals surface area contributed by atoms with Gasteiger partial charge in [0.2, 0.25) is 0 Å². The molecule has 2 aromatic carbocycles. The standard InChI is InChI=1S/C20H22N4O3S/c1-14(2)24-19(12-13-21-24)22-20(25)16-8-10-17(11-9-16)28(26,27)23-18-7-5-4-6-15(18)3/h4-14,23H,1-3H3,(H,22,25). The summed E-state index contributed by atoms with van der Waals surface area (Å²) in [5.41, 5.74) is 1.70. The van der Waals surface area contributed by atoms with Crippen LogP contribution in [0.5, 0.6) is 0 Å². The molecule has 1 amide bonds. The number of aryl methyl sites for hydroxylation is 1. The highest BCUT2D eigenvalue weighted by Gasteiger charge is 2.17. The Bertz CT molecular complexity index is 1090. The van der Waals surface area contributed by atoms with Crippen LogP contribution in [0, 0.1) is 6.92 Å². The molecule has 0 aliphatic carbocycles. The molecule has 0 saturated carbocycles. The van der Waals surface area contributed by atoms with Crippen molar-refractivity contribution in [1.82, 2.24) is 9.78 Å². The van der Waals surface area contributed by atoms with E-state index >= 15 is 0 Å². The quantitative estimate of drug-likeness (QED) is 0.660. The molecule has 0 bridgehead atoms. The van der Waals surface area contributed by atoms with Gasteiger partial charge in [-0.3, -0.25) is 9.52 Å². The molecule has 0 aliphatic heterocycles. The minimum Gasteiger partial charge on any atom is -0.307 e. The fourth-order valence-electron chi connectivity index (χ4n) is 2.69. The van der Waals surface area contributed by atoms with E-state index in [0.29, 0.717) is 17.1 Å². The van der Waals surface area contributed by atoms with Crippen molar-refractivity contribution in [2.24, 2.45) is 0 Å². The second-order valence-corrected chi connectivity index (χ2v) is 8.34. The number of sulfonamides is 1. The summed E-state index contributed by atoms with van der Waals surface area (Å²) in [7, 11) is -3.74. The number of nitrogens with one attached hydrogen (secondary N) is 2. The van der Waals surface area contributed by atoms with E-state index in [4.69, 9.17) is 0 Å². The van der Waals surface area contributed by atoms with Gasteiger partial charge < -0.3 is 5.32 Å². The number of anilines is 2. The maximum Gasteiger partial charge on any atom is 0.261 e. The number of hydrogen-bond acceptors (Lipinski definition) is 4. The smallest absolute Gasteiger partial charge is 0.261 e. The first kappa shape index (κ1) is 19.6. The molecule has 3 aromatic rings. The Kier molecular flexibility index (Phi) is 5.51. The molecule has 2 N–H and O–H groups in total. The number of benzene rings is 2. The van der Waals surface area contributed by atoms with Gasteiger partial charge in [-0.25, -0.2) is 13.1 Å². The zero-order valence-corrected chi connectivity index (χ0v) is 16.7. The summed E-state index contributed by atoms with van der Waals surface area (Å²) in [4.78, 5) is 12.5. The number of carbonyl (C=O) groups excluding carboxylic acids is 1. The van der Waals surface area contributed by atoms with Crippen molar-refractivity contribution < 1.29 is 13.2 Å².